The number of nitrogens with two attached hydrogens (primary N) is 2. The monoisotopic (exact) mass is 210 g/mol. The van der Waals surface area contributed by atoms with Crippen molar-refractivity contribution < 1.29 is 9.32 Å². The fourth-order valence-corrected chi connectivity index (χ4v) is 2.13. The van der Waals surface area contributed by atoms with Gasteiger partial charge in [0.15, 0.2) is 0 Å². The van der Waals surface area contributed by atoms with Gasteiger partial charge in [0.2, 0.25) is 5.89 Å². The third-order valence-corrected chi connectivity index (χ3v) is 2.94. The van der Waals surface area contributed by atoms with Crippen LogP contribution in [0.3, 0.4) is 0 Å². The molecule has 1 amide bonds. The van der Waals surface area contributed by atoms with Crippen molar-refractivity contribution in [1.29, 1.82) is 0 Å². The fourth-order valence-electron chi connectivity index (χ4n) is 2.13. The minimum Gasteiger partial charge on any atom is -0.363 e. The number of primary amides is 1. The van der Waals surface area contributed by atoms with Gasteiger partial charge in [0.05, 0.1) is 0 Å². The van der Waals surface area contributed by atoms with E-state index in [9.17, 15) is 4.79 Å². The molecule has 0 aliphatic heterocycles. The second kappa shape index (κ2) is 3.98. The number of hydrogen-bond acceptors (Lipinski definition) is 5. The molecule has 0 aromatic carbocycles. The molecule has 6 heteroatoms. The van der Waals surface area contributed by atoms with E-state index in [1.54, 1.807) is 0 Å². The van der Waals surface area contributed by atoms with Crippen molar-refractivity contribution in [3.63, 3.8) is 0 Å². The topological polar surface area (TPSA) is 108 Å². The highest BCUT2D eigenvalue weighted by Gasteiger charge is 2.32. The molecule has 1 aromatic heterocycles. The highest BCUT2D eigenvalue weighted by molar-refractivity contribution is 5.88. The summed E-state index contributed by atoms with van der Waals surface area (Å²) in [6.45, 7) is 0.610. The van der Waals surface area contributed by atoms with Crippen LogP contribution in [-0.2, 0) is 0 Å². The predicted molar refractivity (Wildman–Crippen MR) is 52.0 cm³/mol. The van der Waals surface area contributed by atoms with Gasteiger partial charge in [0, 0.05) is 5.92 Å². The summed E-state index contributed by atoms with van der Waals surface area (Å²) in [6.07, 6.45) is 3.18. The molecule has 2 atom stereocenters. The maximum atomic E-state index is 10.8. The Morgan fingerprint density at radius 2 is 2.33 bits per heavy atom. The SMILES string of the molecule is NCC1CCCC1c1nc(C(N)=O)no1. The van der Waals surface area contributed by atoms with Crippen LogP contribution >= 0.6 is 0 Å². The lowest BCUT2D eigenvalue weighted by Crippen LogP contribution is -2.18. The van der Waals surface area contributed by atoms with Crippen LogP contribution in [0.5, 0.6) is 0 Å². The highest BCUT2D eigenvalue weighted by Crippen LogP contribution is 2.37. The number of nitrogens with zero attached hydrogens (tertiary/aromatic N) is 2. The quantitative estimate of drug-likeness (QED) is 0.730. The Balaban J connectivity index is 2.18. The van der Waals surface area contributed by atoms with E-state index in [0.29, 0.717) is 18.4 Å². The average molecular weight is 210 g/mol. The number of rotatable bonds is 3. The third kappa shape index (κ3) is 1.85. The van der Waals surface area contributed by atoms with E-state index in [1.165, 1.54) is 0 Å². The summed E-state index contributed by atoms with van der Waals surface area (Å²) in [6, 6.07) is 0. The van der Waals surface area contributed by atoms with Gasteiger partial charge < -0.3 is 16.0 Å². The van der Waals surface area contributed by atoms with Crippen LogP contribution in [0.25, 0.3) is 0 Å². The minimum absolute atomic E-state index is 0.0485. The summed E-state index contributed by atoms with van der Waals surface area (Å²) in [5.41, 5.74) is 10.7. The standard InChI is InChI=1S/C9H14N4O2/c10-4-5-2-1-3-6(5)9-12-8(7(11)14)13-15-9/h5-6H,1-4,10H2,(H2,11,14). The van der Waals surface area contributed by atoms with Crippen molar-refractivity contribution in [3.8, 4) is 0 Å². The Kier molecular flexibility index (Phi) is 2.68. The average Bonchev–Trinajstić information content (AvgIpc) is 2.85. The van der Waals surface area contributed by atoms with Crippen LogP contribution in [0.1, 0.15) is 41.7 Å². The zero-order valence-corrected chi connectivity index (χ0v) is 8.35. The molecule has 1 fully saturated rings. The Labute approximate surface area is 87.0 Å². The summed E-state index contributed by atoms with van der Waals surface area (Å²) in [7, 11) is 0. The van der Waals surface area contributed by atoms with Gasteiger partial charge in [-0.25, -0.2) is 0 Å². The van der Waals surface area contributed by atoms with Gasteiger partial charge in [-0.15, -0.1) is 0 Å². The number of carbonyl (C=O) groups excluding carboxylic acids is 1. The van der Waals surface area contributed by atoms with Crippen molar-refractivity contribution in [2.45, 2.75) is 25.2 Å². The zero-order chi connectivity index (χ0) is 10.8. The first-order valence-corrected chi connectivity index (χ1v) is 5.06. The Morgan fingerprint density at radius 1 is 1.53 bits per heavy atom. The van der Waals surface area contributed by atoms with Gasteiger partial charge in [-0.05, 0) is 25.3 Å². The summed E-state index contributed by atoms with van der Waals surface area (Å²) in [5.74, 6) is 0.360. The first-order chi connectivity index (χ1) is 7.22. The molecule has 15 heavy (non-hydrogen) atoms. The van der Waals surface area contributed by atoms with Gasteiger partial charge in [0.1, 0.15) is 0 Å². The number of hydrogen-bond donors (Lipinski definition) is 2. The van der Waals surface area contributed by atoms with Gasteiger partial charge in [-0.1, -0.05) is 11.6 Å². The molecule has 0 spiro atoms. The summed E-state index contributed by atoms with van der Waals surface area (Å²) < 4.78 is 5.02. The van der Waals surface area contributed by atoms with E-state index in [2.05, 4.69) is 10.1 Å². The fraction of sp³-hybridized carbons (Fsp3) is 0.667. The molecule has 2 rings (SSSR count). The van der Waals surface area contributed by atoms with Crippen LogP contribution in [0, 0.1) is 5.92 Å². The second-order valence-electron chi connectivity index (χ2n) is 3.85. The molecule has 4 N–H and O–H groups in total. The second-order valence-corrected chi connectivity index (χ2v) is 3.85. The van der Waals surface area contributed by atoms with Gasteiger partial charge in [-0.2, -0.15) is 4.98 Å². The Morgan fingerprint density at radius 3 is 2.93 bits per heavy atom. The zero-order valence-electron chi connectivity index (χ0n) is 8.35. The van der Waals surface area contributed by atoms with Gasteiger partial charge >= 0.3 is 0 Å². The Hall–Kier alpha value is -1.43. The van der Waals surface area contributed by atoms with Crippen molar-refractivity contribution in [1.82, 2.24) is 10.1 Å². The van der Waals surface area contributed by atoms with Crippen molar-refractivity contribution in [2.75, 3.05) is 6.54 Å². The molecule has 1 heterocycles. The van der Waals surface area contributed by atoms with Crippen LogP contribution in [0.15, 0.2) is 4.52 Å². The van der Waals surface area contributed by atoms with Crippen molar-refractivity contribution >= 4 is 5.91 Å². The van der Waals surface area contributed by atoms with E-state index in [1.807, 2.05) is 0 Å². The normalized spacial score (nSPS) is 25.7. The van der Waals surface area contributed by atoms with E-state index < -0.39 is 5.91 Å². The molecule has 82 valence electrons. The van der Waals surface area contributed by atoms with E-state index in [0.717, 1.165) is 19.3 Å². The maximum Gasteiger partial charge on any atom is 0.290 e. The van der Waals surface area contributed by atoms with E-state index in [-0.39, 0.29) is 11.7 Å². The molecule has 2 unspecified atom stereocenters. The first kappa shape index (κ1) is 10.1. The largest absolute Gasteiger partial charge is 0.363 e. The number of carbonyl (C=O) groups is 1. The van der Waals surface area contributed by atoms with Crippen molar-refractivity contribution in [3.05, 3.63) is 11.7 Å². The maximum absolute atomic E-state index is 10.8. The first-order valence-electron chi connectivity index (χ1n) is 5.06. The summed E-state index contributed by atoms with van der Waals surface area (Å²) in [5, 5.41) is 3.53. The Bertz CT molecular complexity index is 363. The lowest BCUT2D eigenvalue weighted by molar-refractivity contribution is 0.0987. The van der Waals surface area contributed by atoms with E-state index >= 15 is 0 Å². The lowest BCUT2D eigenvalue weighted by atomic mass is 9.96. The predicted octanol–water partition coefficient (Wildman–Crippen LogP) is 0.0109. The van der Waals surface area contributed by atoms with Crippen molar-refractivity contribution in [2.24, 2.45) is 17.4 Å². The molecule has 0 radical (unpaired) electrons. The summed E-state index contributed by atoms with van der Waals surface area (Å²) >= 11 is 0. The smallest absolute Gasteiger partial charge is 0.290 e. The molecule has 1 saturated carbocycles. The van der Waals surface area contributed by atoms with Crippen LogP contribution in [0.2, 0.25) is 0 Å². The molecular formula is C9H14N4O2. The van der Waals surface area contributed by atoms with Crippen LogP contribution in [0.4, 0.5) is 0 Å². The molecule has 1 aromatic rings. The molecule has 6 nitrogen and oxygen atoms in total. The van der Waals surface area contributed by atoms with Crippen LogP contribution < -0.4 is 11.5 Å². The lowest BCUT2D eigenvalue weighted by Gasteiger charge is -2.12. The molecular weight excluding hydrogens is 196 g/mol. The molecule has 0 bridgehead atoms. The van der Waals surface area contributed by atoms with E-state index in [4.69, 9.17) is 16.0 Å². The van der Waals surface area contributed by atoms with Gasteiger partial charge in [-0.3, -0.25) is 4.79 Å². The van der Waals surface area contributed by atoms with Crippen LogP contribution in [-0.4, -0.2) is 22.6 Å². The summed E-state index contributed by atoms with van der Waals surface area (Å²) in [4.78, 5) is 14.8. The number of amides is 1. The number of aromatic nitrogens is 2. The van der Waals surface area contributed by atoms with Gasteiger partial charge in [0.25, 0.3) is 11.7 Å². The third-order valence-electron chi connectivity index (χ3n) is 2.94. The molecule has 1 aliphatic carbocycles. The molecule has 0 saturated heterocycles. The highest BCUT2D eigenvalue weighted by atomic mass is 16.5. The molecule has 1 aliphatic rings. The minimum atomic E-state index is -0.660.